The van der Waals surface area contributed by atoms with Gasteiger partial charge in [0.05, 0.1) is 5.02 Å². The number of carbonyl (C=O) groups is 1. The molecule has 3 rings (SSSR count). The number of hydrogen-bond donors (Lipinski definition) is 2. The third kappa shape index (κ3) is 5.85. The molecule has 2 N–H and O–H groups in total. The highest BCUT2D eigenvalue weighted by Crippen LogP contribution is 2.25. The van der Waals surface area contributed by atoms with Crippen LogP contribution in [0, 0.1) is 0 Å². The van der Waals surface area contributed by atoms with Crippen molar-refractivity contribution in [3.8, 4) is 0 Å². The standard InChI is InChI=1S/C15H21ClN4OS.2ClH/c16-13-2-1-4-18-15(13)20-6-3-11(9-20)19-14(21)8-12-10-22-7-5-17-12;;/h1-2,4,11-12,17H,3,5-10H2,(H,19,21);2*1H. The van der Waals surface area contributed by atoms with E-state index in [1.165, 1.54) is 0 Å². The molecule has 9 heteroatoms. The van der Waals surface area contributed by atoms with E-state index in [4.69, 9.17) is 11.6 Å². The maximum absolute atomic E-state index is 12.2. The van der Waals surface area contributed by atoms with Crippen LogP contribution in [0.1, 0.15) is 12.8 Å². The Hall–Kier alpha value is -0.400. The summed E-state index contributed by atoms with van der Waals surface area (Å²) in [5, 5.41) is 7.21. The van der Waals surface area contributed by atoms with Crippen LogP contribution in [-0.4, -0.2) is 54.1 Å². The molecule has 2 aliphatic rings. The number of anilines is 1. The van der Waals surface area contributed by atoms with E-state index >= 15 is 0 Å². The molecule has 1 amide bonds. The summed E-state index contributed by atoms with van der Waals surface area (Å²) in [4.78, 5) is 18.6. The maximum Gasteiger partial charge on any atom is 0.221 e. The van der Waals surface area contributed by atoms with E-state index in [0.717, 1.165) is 43.4 Å². The second kappa shape index (κ2) is 10.6. The predicted molar refractivity (Wildman–Crippen MR) is 106 cm³/mol. The fraction of sp³-hybridized carbons (Fsp3) is 0.600. The Bertz CT molecular complexity index is 531. The van der Waals surface area contributed by atoms with Crippen LogP contribution in [0.2, 0.25) is 5.02 Å². The molecule has 2 aliphatic heterocycles. The number of pyridine rings is 1. The summed E-state index contributed by atoms with van der Waals surface area (Å²) in [5.74, 6) is 3.11. The van der Waals surface area contributed by atoms with Gasteiger partial charge in [0.1, 0.15) is 5.82 Å². The van der Waals surface area contributed by atoms with Crippen molar-refractivity contribution in [2.45, 2.75) is 24.9 Å². The molecule has 0 aromatic carbocycles. The molecule has 24 heavy (non-hydrogen) atoms. The van der Waals surface area contributed by atoms with Crippen molar-refractivity contribution < 1.29 is 4.79 Å². The zero-order valence-corrected chi connectivity index (χ0v) is 16.4. The number of amides is 1. The fourth-order valence-electron chi connectivity index (χ4n) is 2.94. The molecule has 0 bridgehead atoms. The molecule has 136 valence electrons. The lowest BCUT2D eigenvalue weighted by molar-refractivity contribution is -0.122. The summed E-state index contributed by atoms with van der Waals surface area (Å²) in [6.07, 6.45) is 3.25. The van der Waals surface area contributed by atoms with Crippen LogP contribution in [0.4, 0.5) is 5.82 Å². The molecule has 0 radical (unpaired) electrons. The highest BCUT2D eigenvalue weighted by molar-refractivity contribution is 7.99. The third-order valence-corrected chi connectivity index (χ3v) is 5.45. The van der Waals surface area contributed by atoms with E-state index in [9.17, 15) is 4.79 Å². The van der Waals surface area contributed by atoms with E-state index in [1.807, 2.05) is 23.9 Å². The van der Waals surface area contributed by atoms with Crippen LogP contribution in [0.15, 0.2) is 18.3 Å². The number of carbonyl (C=O) groups excluding carboxylic acids is 1. The smallest absolute Gasteiger partial charge is 0.221 e. The predicted octanol–water partition coefficient (Wildman–Crippen LogP) is 2.37. The second-order valence-corrected chi connectivity index (χ2v) is 7.30. The van der Waals surface area contributed by atoms with Crippen LogP contribution in [0.25, 0.3) is 0 Å². The molecule has 3 heterocycles. The van der Waals surface area contributed by atoms with Gasteiger partial charge in [-0.05, 0) is 18.6 Å². The lowest BCUT2D eigenvalue weighted by Gasteiger charge is -2.23. The first-order valence-electron chi connectivity index (χ1n) is 7.68. The van der Waals surface area contributed by atoms with Crippen molar-refractivity contribution in [2.24, 2.45) is 0 Å². The Balaban J connectivity index is 0.00000144. The normalized spacial score (nSPS) is 23.1. The maximum atomic E-state index is 12.2. The lowest BCUT2D eigenvalue weighted by atomic mass is 10.2. The zero-order valence-electron chi connectivity index (χ0n) is 13.2. The fourth-order valence-corrected chi connectivity index (χ4v) is 4.13. The van der Waals surface area contributed by atoms with Gasteiger partial charge in [-0.3, -0.25) is 4.79 Å². The molecule has 1 aromatic heterocycles. The minimum absolute atomic E-state index is 0. The third-order valence-electron chi connectivity index (χ3n) is 4.02. The van der Waals surface area contributed by atoms with Crippen LogP contribution in [0.5, 0.6) is 0 Å². The quantitative estimate of drug-likeness (QED) is 0.793. The minimum Gasteiger partial charge on any atom is -0.353 e. The van der Waals surface area contributed by atoms with Crippen LogP contribution >= 0.6 is 48.2 Å². The molecule has 2 fully saturated rings. The van der Waals surface area contributed by atoms with Crippen molar-refractivity contribution >= 4 is 59.9 Å². The van der Waals surface area contributed by atoms with Gasteiger partial charge in [0.25, 0.3) is 0 Å². The van der Waals surface area contributed by atoms with Crippen molar-refractivity contribution in [3.05, 3.63) is 23.4 Å². The van der Waals surface area contributed by atoms with Gasteiger partial charge < -0.3 is 15.5 Å². The molecule has 0 spiro atoms. The molecule has 2 atom stereocenters. The van der Waals surface area contributed by atoms with Crippen molar-refractivity contribution in [1.82, 2.24) is 15.6 Å². The van der Waals surface area contributed by atoms with Gasteiger partial charge in [0.2, 0.25) is 5.91 Å². The van der Waals surface area contributed by atoms with Crippen molar-refractivity contribution in [3.63, 3.8) is 0 Å². The first kappa shape index (κ1) is 21.6. The summed E-state index contributed by atoms with van der Waals surface area (Å²) in [7, 11) is 0. The summed E-state index contributed by atoms with van der Waals surface area (Å²) in [6.45, 7) is 2.65. The van der Waals surface area contributed by atoms with Gasteiger partial charge in [-0.1, -0.05) is 11.6 Å². The minimum atomic E-state index is 0. The van der Waals surface area contributed by atoms with E-state index < -0.39 is 0 Å². The topological polar surface area (TPSA) is 57.3 Å². The number of halogens is 3. The number of aromatic nitrogens is 1. The molecule has 1 aromatic rings. The summed E-state index contributed by atoms with van der Waals surface area (Å²) < 4.78 is 0. The van der Waals surface area contributed by atoms with Gasteiger partial charge in [-0.2, -0.15) is 11.8 Å². The Morgan fingerprint density at radius 1 is 1.50 bits per heavy atom. The number of thioether (sulfide) groups is 1. The van der Waals surface area contributed by atoms with Gasteiger partial charge in [-0.15, -0.1) is 24.8 Å². The van der Waals surface area contributed by atoms with E-state index in [2.05, 4.69) is 20.5 Å². The Morgan fingerprint density at radius 3 is 3.04 bits per heavy atom. The van der Waals surface area contributed by atoms with E-state index in [1.54, 1.807) is 6.20 Å². The van der Waals surface area contributed by atoms with Crippen LogP contribution in [0.3, 0.4) is 0 Å². The number of hydrogen-bond acceptors (Lipinski definition) is 5. The van der Waals surface area contributed by atoms with Gasteiger partial charge in [-0.25, -0.2) is 4.98 Å². The van der Waals surface area contributed by atoms with Gasteiger partial charge in [0.15, 0.2) is 0 Å². The molecule has 0 aliphatic carbocycles. The zero-order chi connectivity index (χ0) is 15.4. The monoisotopic (exact) mass is 412 g/mol. The molecule has 2 unspecified atom stereocenters. The second-order valence-electron chi connectivity index (χ2n) is 5.74. The largest absolute Gasteiger partial charge is 0.353 e. The Labute approximate surface area is 164 Å². The summed E-state index contributed by atoms with van der Waals surface area (Å²) in [6, 6.07) is 4.17. The van der Waals surface area contributed by atoms with Crippen LogP contribution < -0.4 is 15.5 Å². The van der Waals surface area contributed by atoms with E-state index in [-0.39, 0.29) is 36.8 Å². The first-order chi connectivity index (χ1) is 10.7. The molecule has 5 nitrogen and oxygen atoms in total. The number of rotatable bonds is 4. The Kier molecular flexibility index (Phi) is 9.52. The lowest BCUT2D eigenvalue weighted by Crippen LogP contribution is -2.44. The van der Waals surface area contributed by atoms with Gasteiger partial charge in [0, 0.05) is 55.8 Å². The van der Waals surface area contributed by atoms with Crippen molar-refractivity contribution in [2.75, 3.05) is 36.0 Å². The van der Waals surface area contributed by atoms with Gasteiger partial charge >= 0.3 is 0 Å². The number of nitrogens with one attached hydrogen (secondary N) is 2. The SMILES string of the molecule is Cl.Cl.O=C(CC1CSCCN1)NC1CCN(c2ncccc2Cl)C1. The van der Waals surface area contributed by atoms with Crippen LogP contribution in [-0.2, 0) is 4.79 Å². The highest BCUT2D eigenvalue weighted by atomic mass is 35.5. The highest BCUT2D eigenvalue weighted by Gasteiger charge is 2.27. The average molecular weight is 414 g/mol. The molecule has 2 saturated heterocycles. The van der Waals surface area contributed by atoms with Crippen molar-refractivity contribution in [1.29, 1.82) is 0 Å². The summed E-state index contributed by atoms with van der Waals surface area (Å²) >= 11 is 8.10. The summed E-state index contributed by atoms with van der Waals surface area (Å²) in [5.41, 5.74) is 0. The van der Waals surface area contributed by atoms with E-state index in [0.29, 0.717) is 17.5 Å². The molecular formula is C15H23Cl3N4OS. The first-order valence-corrected chi connectivity index (χ1v) is 9.21. The molecular weight excluding hydrogens is 391 g/mol. The molecule has 0 saturated carbocycles. The number of nitrogens with zero attached hydrogens (tertiary/aromatic N) is 2. The Morgan fingerprint density at radius 2 is 2.33 bits per heavy atom. The average Bonchev–Trinajstić information content (AvgIpc) is 2.97.